The van der Waals surface area contributed by atoms with Gasteiger partial charge in [0.05, 0.1) is 11.0 Å². The minimum absolute atomic E-state index is 0.0529. The Bertz CT molecular complexity index is 579. The molecule has 1 fully saturated rings. The van der Waals surface area contributed by atoms with E-state index in [1.54, 1.807) is 32.5 Å². The molecule has 1 saturated heterocycles. The van der Waals surface area contributed by atoms with Crippen molar-refractivity contribution in [1.29, 1.82) is 0 Å². The Hall–Kier alpha value is -0.990. The highest BCUT2D eigenvalue weighted by Gasteiger charge is 2.55. The van der Waals surface area contributed by atoms with Gasteiger partial charge in [-0.1, -0.05) is 0 Å². The van der Waals surface area contributed by atoms with Gasteiger partial charge in [0.2, 0.25) is 5.91 Å². The van der Waals surface area contributed by atoms with Crippen LogP contribution in [-0.2, 0) is 9.53 Å². The zero-order valence-electron chi connectivity index (χ0n) is 19.1. The average molecular weight is 418 g/mol. The van der Waals surface area contributed by atoms with Crippen LogP contribution in [0.4, 0.5) is 4.79 Å². The van der Waals surface area contributed by atoms with Crippen molar-refractivity contribution in [2.24, 2.45) is 0 Å². The van der Waals surface area contributed by atoms with E-state index in [1.807, 2.05) is 25.7 Å². The number of rotatable bonds is 5. The zero-order chi connectivity index (χ0) is 22.1. The molecule has 0 aromatic heterocycles. The first-order chi connectivity index (χ1) is 12.3. The molecule has 0 bridgehead atoms. The van der Waals surface area contributed by atoms with E-state index in [0.29, 0.717) is 0 Å². The van der Waals surface area contributed by atoms with Gasteiger partial charge in [-0.2, -0.15) is 0 Å². The number of thioether (sulfide) groups is 1. The lowest BCUT2D eigenvalue weighted by Gasteiger charge is -2.37. The Morgan fingerprint density at radius 2 is 1.68 bits per heavy atom. The van der Waals surface area contributed by atoms with Crippen molar-refractivity contribution in [2.45, 2.75) is 102 Å². The fourth-order valence-electron chi connectivity index (χ4n) is 3.47. The van der Waals surface area contributed by atoms with Crippen molar-refractivity contribution in [3.8, 4) is 0 Å². The number of hydrogen-bond donors (Lipinski definition) is 3. The third kappa shape index (κ3) is 7.44. The molecule has 1 aliphatic rings. The molecule has 0 aliphatic carbocycles. The quantitative estimate of drug-likeness (QED) is 0.637. The molecule has 0 aromatic rings. The molecule has 7 nitrogen and oxygen atoms in total. The number of ether oxygens (including phenoxy) is 1. The second kappa shape index (κ2) is 8.40. The third-order valence-corrected chi connectivity index (χ3v) is 5.69. The molecule has 8 heteroatoms. The van der Waals surface area contributed by atoms with E-state index in [9.17, 15) is 14.7 Å². The van der Waals surface area contributed by atoms with Gasteiger partial charge in [-0.25, -0.2) is 4.79 Å². The Morgan fingerprint density at radius 3 is 2.14 bits per heavy atom. The normalized spacial score (nSPS) is 23.2. The molecular weight excluding hydrogens is 378 g/mol. The number of nitrogens with zero attached hydrogens (tertiary/aromatic N) is 1. The number of carbonyl (C=O) groups excluding carboxylic acids is 2. The van der Waals surface area contributed by atoms with Crippen LogP contribution in [0.3, 0.4) is 0 Å². The van der Waals surface area contributed by atoms with Crippen molar-refractivity contribution in [1.82, 2.24) is 15.5 Å². The lowest BCUT2D eigenvalue weighted by Crippen LogP contribution is -2.59. The molecule has 0 saturated carbocycles. The fraction of sp³-hybridized carbons (Fsp3) is 0.900. The second-order valence-electron chi connectivity index (χ2n) is 10.5. The first kappa shape index (κ1) is 25.0. The second-order valence-corrected chi connectivity index (χ2v) is 12.7. The summed E-state index contributed by atoms with van der Waals surface area (Å²) < 4.78 is 4.88. The van der Waals surface area contributed by atoms with Gasteiger partial charge < -0.3 is 20.5 Å². The van der Waals surface area contributed by atoms with Crippen LogP contribution in [0.15, 0.2) is 0 Å². The van der Waals surface area contributed by atoms with Crippen molar-refractivity contribution >= 4 is 23.8 Å². The highest BCUT2D eigenvalue weighted by Crippen LogP contribution is 2.50. The number of alkyl carbamates (subject to hydrolysis) is 1. The number of amides is 2. The van der Waals surface area contributed by atoms with Crippen LogP contribution in [0.5, 0.6) is 0 Å². The van der Waals surface area contributed by atoms with Crippen molar-refractivity contribution in [3.63, 3.8) is 0 Å². The van der Waals surface area contributed by atoms with E-state index in [2.05, 4.69) is 38.3 Å². The summed E-state index contributed by atoms with van der Waals surface area (Å²) in [6.45, 7) is 19.8. The van der Waals surface area contributed by atoms with Crippen LogP contribution < -0.4 is 10.6 Å². The van der Waals surface area contributed by atoms with Crippen molar-refractivity contribution in [2.75, 3.05) is 13.1 Å². The maximum atomic E-state index is 13.0. The largest absolute Gasteiger partial charge is 0.444 e. The highest BCUT2D eigenvalue weighted by atomic mass is 32.2. The zero-order valence-corrected chi connectivity index (χ0v) is 19.9. The SMILES string of the molecule is CC(C)(C)NC(=O)C1N(C[C@H](O)CNC(=O)OC(C)(C)C)C(C)(C)SC1(C)C. The van der Waals surface area contributed by atoms with Gasteiger partial charge in [-0.3, -0.25) is 9.69 Å². The van der Waals surface area contributed by atoms with Crippen LogP contribution in [0.2, 0.25) is 0 Å². The maximum Gasteiger partial charge on any atom is 0.407 e. The summed E-state index contributed by atoms with van der Waals surface area (Å²) in [5, 5.41) is 16.2. The van der Waals surface area contributed by atoms with Crippen molar-refractivity contribution < 1.29 is 19.4 Å². The Balaban J connectivity index is 2.86. The van der Waals surface area contributed by atoms with E-state index in [-0.39, 0.29) is 34.2 Å². The number of carbonyl (C=O) groups is 2. The fourth-order valence-corrected chi connectivity index (χ4v) is 5.40. The minimum Gasteiger partial charge on any atom is -0.444 e. The molecule has 3 N–H and O–H groups in total. The summed E-state index contributed by atoms with van der Waals surface area (Å²) in [4.78, 5) is 26.6. The molecule has 28 heavy (non-hydrogen) atoms. The lowest BCUT2D eigenvalue weighted by atomic mass is 9.97. The number of aliphatic hydroxyl groups is 1. The summed E-state index contributed by atoms with van der Waals surface area (Å²) >= 11 is 1.71. The maximum absolute atomic E-state index is 13.0. The van der Waals surface area contributed by atoms with E-state index < -0.39 is 23.8 Å². The molecule has 164 valence electrons. The average Bonchev–Trinajstić information content (AvgIpc) is 2.56. The molecule has 1 heterocycles. The Labute approximate surface area is 174 Å². The predicted octanol–water partition coefficient (Wildman–Crippen LogP) is 2.72. The van der Waals surface area contributed by atoms with E-state index in [0.717, 1.165) is 0 Å². The topological polar surface area (TPSA) is 90.9 Å². The van der Waals surface area contributed by atoms with Gasteiger partial charge in [0.15, 0.2) is 0 Å². The monoisotopic (exact) mass is 417 g/mol. The van der Waals surface area contributed by atoms with Gasteiger partial charge in [0.1, 0.15) is 11.6 Å². The van der Waals surface area contributed by atoms with Gasteiger partial charge in [0, 0.05) is 23.4 Å². The van der Waals surface area contributed by atoms with Crippen LogP contribution in [0, 0.1) is 0 Å². The Kier molecular flexibility index (Phi) is 7.51. The number of hydrogen-bond acceptors (Lipinski definition) is 6. The van der Waals surface area contributed by atoms with Crippen molar-refractivity contribution in [3.05, 3.63) is 0 Å². The molecule has 0 aromatic carbocycles. The van der Waals surface area contributed by atoms with Crippen LogP contribution >= 0.6 is 11.8 Å². The molecule has 1 aliphatic heterocycles. The van der Waals surface area contributed by atoms with E-state index in [1.165, 1.54) is 0 Å². The van der Waals surface area contributed by atoms with Gasteiger partial charge in [0.25, 0.3) is 0 Å². The first-order valence-corrected chi connectivity index (χ1v) is 10.6. The van der Waals surface area contributed by atoms with E-state index >= 15 is 0 Å². The summed E-state index contributed by atoms with van der Waals surface area (Å²) in [6.07, 6.45) is -1.39. The lowest BCUT2D eigenvalue weighted by molar-refractivity contribution is -0.129. The number of aliphatic hydroxyl groups excluding tert-OH is 1. The van der Waals surface area contributed by atoms with Gasteiger partial charge >= 0.3 is 6.09 Å². The molecule has 2 atom stereocenters. The molecule has 1 rings (SSSR count). The summed E-state index contributed by atoms with van der Waals surface area (Å²) in [6, 6.07) is -0.400. The molecule has 1 unspecified atom stereocenters. The molecular formula is C20H39N3O4S. The highest BCUT2D eigenvalue weighted by molar-refractivity contribution is 8.02. The third-order valence-electron chi connectivity index (χ3n) is 4.21. The van der Waals surface area contributed by atoms with Gasteiger partial charge in [-0.15, -0.1) is 11.8 Å². The van der Waals surface area contributed by atoms with Crippen LogP contribution in [0.25, 0.3) is 0 Å². The standard InChI is InChI=1S/C20H39N3O4S/c1-17(2,3)22-15(25)14-19(7,8)28-20(9,10)23(14)12-13(24)11-21-16(26)27-18(4,5)6/h13-14,24H,11-12H2,1-10H3,(H,21,26)(H,22,25)/t13-,14?/m1/s1. The van der Waals surface area contributed by atoms with Gasteiger partial charge in [-0.05, 0) is 69.2 Å². The molecule has 2 amide bonds. The minimum atomic E-state index is -0.828. The molecule has 0 radical (unpaired) electrons. The van der Waals surface area contributed by atoms with Crippen LogP contribution in [-0.4, -0.2) is 68.0 Å². The first-order valence-electron chi connectivity index (χ1n) is 9.78. The summed E-state index contributed by atoms with van der Waals surface area (Å²) in [5.74, 6) is -0.0529. The van der Waals surface area contributed by atoms with Crippen LogP contribution in [0.1, 0.15) is 69.2 Å². The summed E-state index contributed by atoms with van der Waals surface area (Å²) in [5.41, 5.74) is -0.935. The molecule has 0 spiro atoms. The Morgan fingerprint density at radius 1 is 1.14 bits per heavy atom. The smallest absolute Gasteiger partial charge is 0.407 e. The predicted molar refractivity (Wildman–Crippen MR) is 114 cm³/mol. The number of β-amino-alcohol motifs (C(OH)–C–C–N with tert-alkyl or cyclic N) is 1. The summed E-state index contributed by atoms with van der Waals surface area (Å²) in [7, 11) is 0. The van der Waals surface area contributed by atoms with E-state index in [4.69, 9.17) is 4.74 Å². The number of nitrogens with one attached hydrogen (secondary N) is 2.